The van der Waals surface area contributed by atoms with Crippen molar-refractivity contribution in [3.63, 3.8) is 0 Å². The van der Waals surface area contributed by atoms with Gasteiger partial charge >= 0.3 is 0 Å². The summed E-state index contributed by atoms with van der Waals surface area (Å²) in [6, 6.07) is 16.5. The fraction of sp³-hybridized carbons (Fsp3) is 0.222. The lowest BCUT2D eigenvalue weighted by molar-refractivity contribution is 0.102. The number of halogens is 1. The number of benzene rings is 1. The largest absolute Gasteiger partial charge is 0.473 e. The predicted molar refractivity (Wildman–Crippen MR) is 94.7 cm³/mol. The van der Waals surface area contributed by atoms with Gasteiger partial charge in [-0.3, -0.25) is 0 Å². The quantitative estimate of drug-likeness (QED) is 0.739. The molecule has 1 fully saturated rings. The van der Waals surface area contributed by atoms with Gasteiger partial charge in [0.25, 0.3) is 0 Å². The molecule has 0 spiro atoms. The molecule has 0 unspecified atom stereocenters. The third-order valence-corrected chi connectivity index (χ3v) is 4.65. The van der Waals surface area contributed by atoms with Gasteiger partial charge in [-0.1, -0.05) is 18.2 Å². The second-order valence-corrected chi connectivity index (χ2v) is 6.59. The molecule has 23 heavy (non-hydrogen) atoms. The number of nitrogens with one attached hydrogen (secondary N) is 1. The van der Waals surface area contributed by atoms with Gasteiger partial charge in [-0.25, -0.2) is 9.97 Å². The standard InChI is InChI=1S/C18H16BrN3O/c19-15-5-3-9-20-18(15)23-14-10-13(11-14)21-17-8-7-12-4-1-2-6-16(12)22-17/h1-9,13-14H,10-11H2,(H,21,22)/t13-,14-. The van der Waals surface area contributed by atoms with Gasteiger partial charge in [-0.05, 0) is 46.3 Å². The van der Waals surface area contributed by atoms with Gasteiger partial charge in [0.2, 0.25) is 5.88 Å². The van der Waals surface area contributed by atoms with Crippen LogP contribution in [0.25, 0.3) is 10.9 Å². The molecule has 0 amide bonds. The first kappa shape index (κ1) is 14.5. The van der Waals surface area contributed by atoms with E-state index in [1.165, 1.54) is 0 Å². The number of ether oxygens (including phenoxy) is 1. The summed E-state index contributed by atoms with van der Waals surface area (Å²) in [4.78, 5) is 8.89. The number of nitrogens with zero attached hydrogens (tertiary/aromatic N) is 2. The number of hydrogen-bond acceptors (Lipinski definition) is 4. The van der Waals surface area contributed by atoms with Crippen LogP contribution < -0.4 is 10.1 Å². The number of fused-ring (bicyclic) bond motifs is 1. The molecule has 0 saturated heterocycles. The molecule has 116 valence electrons. The smallest absolute Gasteiger partial charge is 0.228 e. The van der Waals surface area contributed by atoms with Crippen LogP contribution in [0, 0.1) is 0 Å². The number of aromatic nitrogens is 2. The van der Waals surface area contributed by atoms with Crippen LogP contribution in [0.15, 0.2) is 59.2 Å². The molecule has 1 aliphatic rings. The highest BCUT2D eigenvalue weighted by molar-refractivity contribution is 9.10. The summed E-state index contributed by atoms with van der Waals surface area (Å²) in [5, 5.41) is 4.64. The van der Waals surface area contributed by atoms with Gasteiger partial charge in [-0.2, -0.15) is 0 Å². The first-order valence-electron chi connectivity index (χ1n) is 7.67. The Labute approximate surface area is 143 Å². The second-order valence-electron chi connectivity index (χ2n) is 5.73. The number of pyridine rings is 2. The van der Waals surface area contributed by atoms with Gasteiger partial charge in [0.1, 0.15) is 11.9 Å². The van der Waals surface area contributed by atoms with Crippen molar-refractivity contribution in [2.45, 2.75) is 25.0 Å². The van der Waals surface area contributed by atoms with E-state index in [4.69, 9.17) is 4.74 Å². The fourth-order valence-electron chi connectivity index (χ4n) is 2.75. The summed E-state index contributed by atoms with van der Waals surface area (Å²) in [6.45, 7) is 0. The van der Waals surface area contributed by atoms with Crippen molar-refractivity contribution in [2.24, 2.45) is 0 Å². The van der Waals surface area contributed by atoms with Crippen LogP contribution in [0.2, 0.25) is 0 Å². The van der Waals surface area contributed by atoms with Crippen LogP contribution in [-0.4, -0.2) is 22.1 Å². The van der Waals surface area contributed by atoms with Crippen molar-refractivity contribution < 1.29 is 4.74 Å². The zero-order chi connectivity index (χ0) is 15.6. The Morgan fingerprint density at radius 2 is 1.91 bits per heavy atom. The highest BCUT2D eigenvalue weighted by Crippen LogP contribution is 2.30. The monoisotopic (exact) mass is 369 g/mol. The van der Waals surface area contributed by atoms with Crippen LogP contribution in [0.1, 0.15) is 12.8 Å². The summed E-state index contributed by atoms with van der Waals surface area (Å²) in [6.07, 6.45) is 3.86. The van der Waals surface area contributed by atoms with E-state index >= 15 is 0 Å². The van der Waals surface area contributed by atoms with Crippen LogP contribution >= 0.6 is 15.9 Å². The normalized spacial score (nSPS) is 20.0. The molecule has 1 saturated carbocycles. The molecule has 4 nitrogen and oxygen atoms in total. The van der Waals surface area contributed by atoms with Gasteiger partial charge < -0.3 is 10.1 Å². The number of anilines is 1. The summed E-state index contributed by atoms with van der Waals surface area (Å²) in [5.74, 6) is 1.59. The third-order valence-electron chi connectivity index (χ3n) is 4.05. The molecule has 5 heteroatoms. The average Bonchev–Trinajstić information content (AvgIpc) is 2.54. The third kappa shape index (κ3) is 3.15. The summed E-state index contributed by atoms with van der Waals surface area (Å²) in [7, 11) is 0. The Morgan fingerprint density at radius 3 is 2.78 bits per heavy atom. The number of para-hydroxylation sites is 1. The first-order valence-corrected chi connectivity index (χ1v) is 8.47. The molecular formula is C18H16BrN3O. The second kappa shape index (κ2) is 6.16. The molecule has 1 aliphatic carbocycles. The lowest BCUT2D eigenvalue weighted by Crippen LogP contribution is -2.42. The molecule has 1 aromatic carbocycles. The average molecular weight is 370 g/mol. The van der Waals surface area contributed by atoms with E-state index in [0.717, 1.165) is 34.0 Å². The molecule has 0 atom stereocenters. The van der Waals surface area contributed by atoms with Crippen LogP contribution in [0.3, 0.4) is 0 Å². The highest BCUT2D eigenvalue weighted by Gasteiger charge is 2.31. The maximum Gasteiger partial charge on any atom is 0.228 e. The van der Waals surface area contributed by atoms with Crippen LogP contribution in [0.5, 0.6) is 5.88 Å². The lowest BCUT2D eigenvalue weighted by Gasteiger charge is -2.35. The Hall–Kier alpha value is -2.14. The first-order chi connectivity index (χ1) is 11.3. The van der Waals surface area contributed by atoms with Crippen LogP contribution in [-0.2, 0) is 0 Å². The van der Waals surface area contributed by atoms with E-state index in [2.05, 4.69) is 43.3 Å². The van der Waals surface area contributed by atoms with Crippen molar-refractivity contribution in [3.8, 4) is 5.88 Å². The van der Waals surface area contributed by atoms with Gasteiger partial charge in [0, 0.05) is 30.5 Å². The van der Waals surface area contributed by atoms with Crippen molar-refractivity contribution in [1.29, 1.82) is 0 Å². The Bertz CT molecular complexity index is 833. The fourth-order valence-corrected chi connectivity index (χ4v) is 3.10. The minimum Gasteiger partial charge on any atom is -0.473 e. The van der Waals surface area contributed by atoms with E-state index in [-0.39, 0.29) is 6.10 Å². The predicted octanol–water partition coefficient (Wildman–Crippen LogP) is 4.41. The van der Waals surface area contributed by atoms with Crippen LogP contribution in [0.4, 0.5) is 5.82 Å². The Morgan fingerprint density at radius 1 is 1.04 bits per heavy atom. The molecule has 2 aromatic heterocycles. The zero-order valence-electron chi connectivity index (χ0n) is 12.4. The maximum atomic E-state index is 5.90. The molecule has 3 aromatic rings. The van der Waals surface area contributed by atoms with Crippen molar-refractivity contribution >= 4 is 32.7 Å². The molecular weight excluding hydrogens is 354 g/mol. The number of rotatable bonds is 4. The Kier molecular flexibility index (Phi) is 3.87. The van der Waals surface area contributed by atoms with Gasteiger partial charge in [0.15, 0.2) is 0 Å². The molecule has 0 radical (unpaired) electrons. The van der Waals surface area contributed by atoms with Gasteiger partial charge in [0.05, 0.1) is 9.99 Å². The summed E-state index contributed by atoms with van der Waals surface area (Å²) < 4.78 is 6.80. The summed E-state index contributed by atoms with van der Waals surface area (Å²) in [5.41, 5.74) is 1.02. The molecule has 1 N–H and O–H groups in total. The molecule has 0 bridgehead atoms. The number of hydrogen-bond donors (Lipinski definition) is 1. The molecule has 4 rings (SSSR count). The maximum absolute atomic E-state index is 5.90. The van der Waals surface area contributed by atoms with Crippen molar-refractivity contribution in [1.82, 2.24) is 9.97 Å². The van der Waals surface area contributed by atoms with Crippen molar-refractivity contribution in [3.05, 3.63) is 59.2 Å². The SMILES string of the molecule is Brc1cccnc1O[C@H]1C[C@H](Nc2ccc3ccccc3n2)C1. The minimum absolute atomic E-state index is 0.208. The van der Waals surface area contributed by atoms with E-state index in [1.807, 2.05) is 36.4 Å². The van der Waals surface area contributed by atoms with Gasteiger partial charge in [-0.15, -0.1) is 0 Å². The van der Waals surface area contributed by atoms with E-state index in [9.17, 15) is 0 Å². The molecule has 2 heterocycles. The minimum atomic E-state index is 0.208. The van der Waals surface area contributed by atoms with E-state index in [1.54, 1.807) is 6.20 Å². The highest BCUT2D eigenvalue weighted by atomic mass is 79.9. The topological polar surface area (TPSA) is 47.0 Å². The lowest BCUT2D eigenvalue weighted by atomic mass is 9.89. The zero-order valence-corrected chi connectivity index (χ0v) is 14.0. The summed E-state index contributed by atoms with van der Waals surface area (Å²) >= 11 is 3.46. The van der Waals surface area contributed by atoms with E-state index in [0.29, 0.717) is 11.9 Å². The van der Waals surface area contributed by atoms with E-state index < -0.39 is 0 Å². The molecule has 0 aliphatic heterocycles. The Balaban J connectivity index is 1.36. The van der Waals surface area contributed by atoms with Crippen molar-refractivity contribution in [2.75, 3.05) is 5.32 Å².